The lowest BCUT2D eigenvalue weighted by Crippen LogP contribution is -1.83. The van der Waals surface area contributed by atoms with Gasteiger partial charge in [-0.3, -0.25) is 0 Å². The van der Waals surface area contributed by atoms with Gasteiger partial charge in [-0.2, -0.15) is 0 Å². The zero-order valence-corrected chi connectivity index (χ0v) is 10.0. The van der Waals surface area contributed by atoms with Crippen LogP contribution in [0.5, 0.6) is 0 Å². The summed E-state index contributed by atoms with van der Waals surface area (Å²) >= 11 is 0. The third kappa shape index (κ3) is 18.0. The quantitative estimate of drug-likeness (QED) is 0.274. The highest BCUT2D eigenvalue weighted by atomic mass is 14.0. The Morgan fingerprint density at radius 2 is 0.737 bits per heavy atom. The Morgan fingerprint density at radius 1 is 0.474 bits per heavy atom. The summed E-state index contributed by atoms with van der Waals surface area (Å²) < 4.78 is 295. The maximum atomic E-state index is 8.24. The second-order valence-corrected chi connectivity index (χ2v) is 2.25. The van der Waals surface area contributed by atoms with Crippen molar-refractivity contribution in [1.29, 1.82) is 0 Å². The molecule has 0 aromatic rings. The lowest BCUT2D eigenvalue weighted by Gasteiger charge is -2.03. The molecule has 0 amide bonds. The van der Waals surface area contributed by atoms with Crippen LogP contribution in [0.1, 0.15) is 173 Å². The van der Waals surface area contributed by atoms with Crippen LogP contribution >= 0.6 is 0 Å². The summed E-state index contributed by atoms with van der Waals surface area (Å²) in [6, 6.07) is 0. The number of hydrogen-bond acceptors (Lipinski definition) is 0. The molecule has 19 heavy (non-hydrogen) atoms. The molecule has 0 saturated heterocycles. The van der Waals surface area contributed by atoms with Gasteiger partial charge in [-0.05, 0) is 0 Å². The van der Waals surface area contributed by atoms with Crippen molar-refractivity contribution in [2.45, 2.75) is 122 Å². The van der Waals surface area contributed by atoms with Crippen LogP contribution in [0.25, 0.3) is 0 Å². The van der Waals surface area contributed by atoms with Crippen LogP contribution in [0.2, 0.25) is 0 Å². The lowest BCUT2D eigenvalue weighted by molar-refractivity contribution is 0.529. The molecule has 0 unspecified atom stereocenters. The molecule has 0 rings (SSSR count). The van der Waals surface area contributed by atoms with E-state index in [-0.39, 0.29) is 0 Å². The van der Waals surface area contributed by atoms with Crippen LogP contribution < -0.4 is 0 Å². The zero-order chi connectivity index (χ0) is 47.0. The van der Waals surface area contributed by atoms with Crippen LogP contribution in [0, 0.1) is 0 Å². The average molecular weight is 306 g/mol. The van der Waals surface area contributed by atoms with Crippen molar-refractivity contribution in [3.63, 3.8) is 0 Å². The summed E-state index contributed by atoms with van der Waals surface area (Å²) in [6.45, 7) is -3.78. The molecule has 0 aliphatic rings. The molecule has 0 fully saturated rings. The van der Waals surface area contributed by atoms with Gasteiger partial charge < -0.3 is 0 Å². The highest BCUT2D eigenvalue weighted by molar-refractivity contribution is 4.49. The van der Waals surface area contributed by atoms with Gasteiger partial charge >= 0.3 is 0 Å². The van der Waals surface area contributed by atoms with Crippen LogP contribution in [0.15, 0.2) is 0 Å². The van der Waals surface area contributed by atoms with Crippen molar-refractivity contribution in [2.75, 3.05) is 0 Å². The molecule has 0 aromatic heterocycles. The van der Waals surface area contributed by atoms with E-state index < -0.39 is 115 Å². The fourth-order valence-corrected chi connectivity index (χ4v) is 0.500. The molecule has 0 saturated carbocycles. The molecular formula is C19H40. The van der Waals surface area contributed by atoms with Crippen LogP contribution in [-0.4, -0.2) is 0 Å². The smallest absolute Gasteiger partial charge is 0.0267 e. The third-order valence-electron chi connectivity index (χ3n) is 1.06. The van der Waals surface area contributed by atoms with E-state index in [1.54, 1.807) is 0 Å². The van der Waals surface area contributed by atoms with Gasteiger partial charge in [-0.15, -0.1) is 0 Å². The van der Waals surface area contributed by atoms with Gasteiger partial charge in [0, 0.05) is 50.7 Å². The molecule has 0 spiro atoms. The number of hydrogen-bond donors (Lipinski definition) is 0. The van der Waals surface area contributed by atoms with Gasteiger partial charge in [0.15, 0.2) is 0 Å². The first kappa shape index (κ1) is 2.04. The van der Waals surface area contributed by atoms with Crippen molar-refractivity contribution in [1.82, 2.24) is 0 Å². The summed E-state index contributed by atoms with van der Waals surface area (Å²) in [5.74, 6) is 0. The van der Waals surface area contributed by atoms with Gasteiger partial charge in [0.1, 0.15) is 0 Å². The largest absolute Gasteiger partial charge is 0.0654 e. The van der Waals surface area contributed by atoms with Crippen LogP contribution in [0.3, 0.4) is 0 Å². The third-order valence-corrected chi connectivity index (χ3v) is 1.06. The van der Waals surface area contributed by atoms with E-state index in [1.807, 2.05) is 0 Å². The fourth-order valence-electron chi connectivity index (χ4n) is 0.500. The first-order chi connectivity index (χ1) is 23.2. The van der Waals surface area contributed by atoms with E-state index in [9.17, 15) is 0 Å². The van der Waals surface area contributed by atoms with E-state index >= 15 is 0 Å². The van der Waals surface area contributed by atoms with Crippen molar-refractivity contribution < 1.29 is 50.7 Å². The second kappa shape index (κ2) is 18.0. The topological polar surface area (TPSA) is 0 Å². The molecule has 0 nitrogen and oxygen atoms in total. The monoisotopic (exact) mass is 306 g/mol. The Hall–Kier alpha value is 0. The molecule has 0 aliphatic carbocycles. The maximum Gasteiger partial charge on any atom is 0.0267 e. The molecule has 0 atom stereocenters. The van der Waals surface area contributed by atoms with Crippen LogP contribution in [0.4, 0.5) is 0 Å². The highest BCUT2D eigenvalue weighted by Gasteiger charge is 1.94. The minimum atomic E-state index is -5.23. The molecule has 0 aliphatic heterocycles. The van der Waals surface area contributed by atoms with Crippen molar-refractivity contribution in [3.8, 4) is 0 Å². The SMILES string of the molecule is [2H]C([2H])([2H])C([2H])([2H])C([2H])([2H])C([2H])([2H])C([2H])([2H])C([2H])([2H])C([2H])([2H])C([2H])([2H])C([2H])([2H])C([2H])([2H])C([2H])([2H])C([2H])([2H])C([2H])([2H])C([2H])([2H])C([2H])([2H])C([2H])([2H])C([2H])([2H])C([2H])([2H])C. The first-order valence-electron chi connectivity index (χ1n) is 23.2. The Balaban J connectivity index is 7.85. The molecule has 0 bridgehead atoms. The van der Waals surface area contributed by atoms with E-state index in [1.165, 1.54) is 0 Å². The van der Waals surface area contributed by atoms with Gasteiger partial charge in [-0.1, -0.05) is 122 Å². The Bertz CT molecular complexity index is 1320. The number of rotatable bonds is 16. The molecule has 0 heterocycles. The fraction of sp³-hybridized carbons (Fsp3) is 1.00. The predicted molar refractivity (Wildman–Crippen MR) is 89.8 cm³/mol. The summed E-state index contributed by atoms with van der Waals surface area (Å²) in [5.41, 5.74) is 0. The second-order valence-electron chi connectivity index (χ2n) is 2.25. The van der Waals surface area contributed by atoms with E-state index in [0.29, 0.717) is 6.92 Å². The van der Waals surface area contributed by atoms with Gasteiger partial charge in [-0.25, -0.2) is 0 Å². The Morgan fingerprint density at radius 3 is 1.00 bits per heavy atom. The predicted octanol–water partition coefficient (Wildman–Crippen LogP) is 7.66. The standard InChI is InChI=1S/C19H40/c1-3-5-7-9-11-13-15-17-19-18-16-14-12-10-8-6-4-2/h3-19H2,1-2H3/i1D3,3D2,4D2,5D2,6D2,7D2,8D2,9D2,10D2,11D2,12D2,13D2,14D2,15D2,16D2,17D2,18D2,19D2. The Labute approximate surface area is 175 Å². The zero-order valence-electron chi connectivity index (χ0n) is 47.0. The van der Waals surface area contributed by atoms with Gasteiger partial charge in [0.25, 0.3) is 0 Å². The molecule has 0 N–H and O–H groups in total. The van der Waals surface area contributed by atoms with E-state index in [0.717, 1.165) is 0 Å². The lowest BCUT2D eigenvalue weighted by atomic mass is 10.0. The van der Waals surface area contributed by atoms with Crippen molar-refractivity contribution in [2.24, 2.45) is 0 Å². The minimum Gasteiger partial charge on any atom is -0.0654 e. The molecular weight excluding hydrogens is 228 g/mol. The van der Waals surface area contributed by atoms with Gasteiger partial charge in [0.05, 0.1) is 0 Å². The van der Waals surface area contributed by atoms with E-state index in [4.69, 9.17) is 50.7 Å². The normalized spacial score (nSPS) is 53.4. The van der Waals surface area contributed by atoms with Gasteiger partial charge in [0.2, 0.25) is 0 Å². The molecule has 0 aromatic carbocycles. The summed E-state index contributed by atoms with van der Waals surface area (Å²) in [5, 5.41) is 0. The average Bonchev–Trinajstić information content (AvgIpc) is 2.94. The minimum absolute atomic E-state index is 0.361. The van der Waals surface area contributed by atoms with E-state index in [2.05, 4.69) is 0 Å². The molecule has 116 valence electrons. The van der Waals surface area contributed by atoms with Crippen molar-refractivity contribution in [3.05, 3.63) is 0 Å². The summed E-state index contributed by atoms with van der Waals surface area (Å²) in [4.78, 5) is 0. The summed E-state index contributed by atoms with van der Waals surface area (Å²) in [6.07, 6.45) is -82.2. The van der Waals surface area contributed by atoms with Crippen molar-refractivity contribution >= 4 is 0 Å². The summed E-state index contributed by atoms with van der Waals surface area (Å²) in [7, 11) is 0. The molecule has 0 heteroatoms. The van der Waals surface area contributed by atoms with Crippen LogP contribution in [-0.2, 0) is 0 Å². The Kier molecular flexibility index (Phi) is 1.93. The first-order valence-corrected chi connectivity index (χ1v) is 4.75. The highest BCUT2D eigenvalue weighted by Crippen LogP contribution is 2.13. The maximum absolute atomic E-state index is 8.24. The molecule has 0 radical (unpaired) electrons.